The van der Waals surface area contributed by atoms with Crippen molar-refractivity contribution in [2.24, 2.45) is 0 Å². The number of carbonyl (C=O) groups excluding carboxylic acids is 1. The fourth-order valence-corrected chi connectivity index (χ4v) is 1.88. The van der Waals surface area contributed by atoms with E-state index in [2.05, 4.69) is 0 Å². The zero-order valence-electron chi connectivity index (χ0n) is 7.64. The molecule has 1 aliphatic carbocycles. The van der Waals surface area contributed by atoms with Crippen LogP contribution >= 0.6 is 0 Å². The van der Waals surface area contributed by atoms with Crippen LogP contribution in [0.1, 0.15) is 28.8 Å². The van der Waals surface area contributed by atoms with Gasteiger partial charge in [0, 0.05) is 17.7 Å². The Morgan fingerprint density at radius 1 is 1.29 bits per heavy atom. The first-order valence-corrected chi connectivity index (χ1v) is 4.50. The van der Waals surface area contributed by atoms with Gasteiger partial charge in [-0.1, -0.05) is 0 Å². The maximum atomic E-state index is 13.2. The Bertz CT molecular complexity index is 415. The first-order chi connectivity index (χ1) is 6.61. The summed E-state index contributed by atoms with van der Waals surface area (Å²) in [6.45, 7) is 0. The minimum absolute atomic E-state index is 0.0320. The lowest BCUT2D eigenvalue weighted by atomic mass is 9.88. The molecule has 0 fully saturated rings. The molecule has 1 aromatic rings. The van der Waals surface area contributed by atoms with E-state index in [0.29, 0.717) is 24.0 Å². The number of nitrogens with two attached hydrogens (primary N) is 2. The summed E-state index contributed by atoms with van der Waals surface area (Å²) in [6, 6.07) is 1.12. The standard InChI is InChI=1S/C10H11FN2O/c11-6-4-7(12)9-5(10(6)13)2-1-3-8(9)14/h4H,1-3,12-13H2. The molecule has 0 radical (unpaired) electrons. The van der Waals surface area contributed by atoms with Crippen molar-refractivity contribution in [2.75, 3.05) is 11.5 Å². The van der Waals surface area contributed by atoms with Gasteiger partial charge in [0.2, 0.25) is 0 Å². The molecule has 0 bridgehead atoms. The van der Waals surface area contributed by atoms with Crippen molar-refractivity contribution in [1.82, 2.24) is 0 Å². The van der Waals surface area contributed by atoms with Gasteiger partial charge in [-0.25, -0.2) is 4.39 Å². The van der Waals surface area contributed by atoms with E-state index in [4.69, 9.17) is 11.5 Å². The number of hydrogen-bond acceptors (Lipinski definition) is 3. The van der Waals surface area contributed by atoms with E-state index in [-0.39, 0.29) is 17.2 Å². The number of rotatable bonds is 0. The highest BCUT2D eigenvalue weighted by Gasteiger charge is 2.23. The monoisotopic (exact) mass is 194 g/mol. The smallest absolute Gasteiger partial charge is 0.165 e. The van der Waals surface area contributed by atoms with Crippen molar-refractivity contribution < 1.29 is 9.18 Å². The number of hydrogen-bond donors (Lipinski definition) is 2. The van der Waals surface area contributed by atoms with Crippen LogP contribution in [0.15, 0.2) is 6.07 Å². The van der Waals surface area contributed by atoms with Crippen LogP contribution in [0.2, 0.25) is 0 Å². The molecule has 0 saturated heterocycles. The Morgan fingerprint density at radius 2 is 2.00 bits per heavy atom. The summed E-state index contributed by atoms with van der Waals surface area (Å²) in [5, 5.41) is 0. The summed E-state index contributed by atoms with van der Waals surface area (Å²) >= 11 is 0. The third kappa shape index (κ3) is 1.14. The Kier molecular flexibility index (Phi) is 1.91. The van der Waals surface area contributed by atoms with Crippen molar-refractivity contribution in [1.29, 1.82) is 0 Å². The number of fused-ring (bicyclic) bond motifs is 1. The number of Topliss-reactive ketones (excluding diaryl/α,β-unsaturated/α-hetero) is 1. The van der Waals surface area contributed by atoms with E-state index in [1.54, 1.807) is 0 Å². The van der Waals surface area contributed by atoms with Gasteiger partial charge < -0.3 is 11.5 Å². The van der Waals surface area contributed by atoms with Gasteiger partial charge >= 0.3 is 0 Å². The Hall–Kier alpha value is -1.58. The van der Waals surface area contributed by atoms with E-state index in [1.165, 1.54) is 0 Å². The van der Waals surface area contributed by atoms with E-state index in [1.807, 2.05) is 0 Å². The fourth-order valence-electron chi connectivity index (χ4n) is 1.88. The number of anilines is 2. The second kappa shape index (κ2) is 2.97. The van der Waals surface area contributed by atoms with Crippen LogP contribution in [0.25, 0.3) is 0 Å². The maximum Gasteiger partial charge on any atom is 0.165 e. The normalized spacial score (nSPS) is 15.4. The summed E-state index contributed by atoms with van der Waals surface area (Å²) in [7, 11) is 0. The molecule has 14 heavy (non-hydrogen) atoms. The molecule has 2 rings (SSSR count). The molecular weight excluding hydrogens is 183 g/mol. The predicted molar refractivity (Wildman–Crippen MR) is 52.5 cm³/mol. The molecule has 74 valence electrons. The van der Waals surface area contributed by atoms with Crippen molar-refractivity contribution in [3.8, 4) is 0 Å². The minimum Gasteiger partial charge on any atom is -0.398 e. The van der Waals surface area contributed by atoms with Gasteiger partial charge in [0.15, 0.2) is 5.78 Å². The zero-order valence-corrected chi connectivity index (χ0v) is 7.64. The lowest BCUT2D eigenvalue weighted by Gasteiger charge is -2.18. The molecule has 4 N–H and O–H groups in total. The van der Waals surface area contributed by atoms with Gasteiger partial charge in [-0.3, -0.25) is 4.79 Å². The highest BCUT2D eigenvalue weighted by atomic mass is 19.1. The van der Waals surface area contributed by atoms with Gasteiger partial charge in [-0.2, -0.15) is 0 Å². The van der Waals surface area contributed by atoms with E-state index >= 15 is 0 Å². The predicted octanol–water partition coefficient (Wildman–Crippen LogP) is 1.51. The number of carbonyl (C=O) groups is 1. The van der Waals surface area contributed by atoms with E-state index < -0.39 is 5.82 Å². The highest BCUT2D eigenvalue weighted by Crippen LogP contribution is 2.32. The molecule has 0 aliphatic heterocycles. The van der Waals surface area contributed by atoms with Crippen molar-refractivity contribution in [3.63, 3.8) is 0 Å². The second-order valence-corrected chi connectivity index (χ2v) is 3.49. The summed E-state index contributed by atoms with van der Waals surface area (Å²) in [4.78, 5) is 11.5. The van der Waals surface area contributed by atoms with Crippen molar-refractivity contribution >= 4 is 17.2 Å². The first kappa shape index (κ1) is 8.99. The largest absolute Gasteiger partial charge is 0.398 e. The Balaban J connectivity index is 2.72. The average Bonchev–Trinajstić information content (AvgIpc) is 2.14. The number of halogens is 1. The quantitative estimate of drug-likeness (QED) is 0.615. The van der Waals surface area contributed by atoms with Gasteiger partial charge in [-0.15, -0.1) is 0 Å². The highest BCUT2D eigenvalue weighted by molar-refractivity contribution is 6.04. The summed E-state index contributed by atoms with van der Waals surface area (Å²) in [6.07, 6.45) is 1.83. The molecule has 0 atom stereocenters. The van der Waals surface area contributed by atoms with Crippen LogP contribution < -0.4 is 11.5 Å². The first-order valence-electron chi connectivity index (χ1n) is 4.50. The Labute approximate surface area is 80.9 Å². The summed E-state index contributed by atoms with van der Waals surface area (Å²) in [5.41, 5.74) is 12.4. The van der Waals surface area contributed by atoms with Crippen LogP contribution in [0.3, 0.4) is 0 Å². The van der Waals surface area contributed by atoms with Crippen molar-refractivity contribution in [3.05, 3.63) is 23.0 Å². The Morgan fingerprint density at radius 3 is 2.71 bits per heavy atom. The van der Waals surface area contributed by atoms with E-state index in [9.17, 15) is 9.18 Å². The summed E-state index contributed by atoms with van der Waals surface area (Å²) < 4.78 is 13.2. The molecule has 0 spiro atoms. The van der Waals surface area contributed by atoms with Crippen LogP contribution in [0.5, 0.6) is 0 Å². The molecule has 0 unspecified atom stereocenters. The molecule has 1 aromatic carbocycles. The number of nitrogen functional groups attached to an aromatic ring is 2. The van der Waals surface area contributed by atoms with Crippen LogP contribution in [0, 0.1) is 5.82 Å². The minimum atomic E-state index is -0.532. The molecule has 1 aliphatic rings. The van der Waals surface area contributed by atoms with Crippen molar-refractivity contribution in [2.45, 2.75) is 19.3 Å². The average molecular weight is 194 g/mol. The number of benzene rings is 1. The molecule has 0 amide bonds. The lowest BCUT2D eigenvalue weighted by molar-refractivity contribution is 0.0973. The molecule has 0 saturated carbocycles. The van der Waals surface area contributed by atoms with Gasteiger partial charge in [0.1, 0.15) is 5.82 Å². The van der Waals surface area contributed by atoms with Gasteiger partial charge in [0.05, 0.1) is 5.69 Å². The fraction of sp³-hybridized carbons (Fsp3) is 0.300. The number of ketones is 1. The molecule has 0 heterocycles. The molecule has 4 heteroatoms. The maximum absolute atomic E-state index is 13.2. The van der Waals surface area contributed by atoms with Crippen LogP contribution in [-0.4, -0.2) is 5.78 Å². The summed E-state index contributed by atoms with van der Waals surface area (Å²) in [5.74, 6) is -0.564. The molecular formula is C10H11FN2O. The van der Waals surface area contributed by atoms with Crippen LogP contribution in [0.4, 0.5) is 15.8 Å². The van der Waals surface area contributed by atoms with Crippen LogP contribution in [-0.2, 0) is 6.42 Å². The molecule has 3 nitrogen and oxygen atoms in total. The van der Waals surface area contributed by atoms with Gasteiger partial charge in [0.25, 0.3) is 0 Å². The zero-order chi connectivity index (χ0) is 10.3. The SMILES string of the molecule is Nc1cc(F)c(N)c2c1C(=O)CCC2. The second-order valence-electron chi connectivity index (χ2n) is 3.49. The molecule has 0 aromatic heterocycles. The third-order valence-corrected chi connectivity index (χ3v) is 2.56. The third-order valence-electron chi connectivity index (χ3n) is 2.56. The lowest BCUT2D eigenvalue weighted by Crippen LogP contribution is -2.16. The van der Waals surface area contributed by atoms with E-state index in [0.717, 1.165) is 12.5 Å². The van der Waals surface area contributed by atoms with Gasteiger partial charge in [-0.05, 0) is 24.5 Å². The topological polar surface area (TPSA) is 69.1 Å².